The highest BCUT2D eigenvalue weighted by Crippen LogP contribution is 2.57. The highest BCUT2D eigenvalue weighted by molar-refractivity contribution is 5.68. The lowest BCUT2D eigenvalue weighted by Gasteiger charge is -2.61. The molecule has 2 aliphatic heterocycles. The molecule has 2 aromatic carbocycles. The molecule has 2 heterocycles. The number of aryl methyl sites for hydroxylation is 1. The molecular weight excluding hydrogens is 488 g/mol. The molecule has 2 aromatic rings. The minimum Gasteiger partial charge on any atom is -0.489 e. The summed E-state index contributed by atoms with van der Waals surface area (Å²) in [6.45, 7) is 11.5. The van der Waals surface area contributed by atoms with Gasteiger partial charge in [0.2, 0.25) is 0 Å². The third kappa shape index (κ3) is 4.95. The van der Waals surface area contributed by atoms with Gasteiger partial charge in [-0.15, -0.1) is 0 Å². The number of rotatable bonds is 5. The van der Waals surface area contributed by atoms with Crippen LogP contribution in [0, 0.1) is 12.8 Å². The summed E-state index contributed by atoms with van der Waals surface area (Å²) in [6.07, 6.45) is 5.35. The number of hydrogen-bond donors (Lipinski definition) is 1. The van der Waals surface area contributed by atoms with Crippen molar-refractivity contribution in [3.05, 3.63) is 64.7 Å². The average molecular weight is 533 g/mol. The van der Waals surface area contributed by atoms with Gasteiger partial charge < -0.3 is 19.5 Å². The molecule has 2 saturated heterocycles. The topological polar surface area (TPSA) is 62.2 Å². The second-order valence-electron chi connectivity index (χ2n) is 13.4. The summed E-state index contributed by atoms with van der Waals surface area (Å²) in [5.41, 5.74) is 2.98. The van der Waals surface area contributed by atoms with Crippen LogP contribution < -0.4 is 4.74 Å². The predicted octanol–water partition coefficient (Wildman–Crippen LogP) is 5.61. The number of likely N-dealkylation sites (tertiary alicyclic amines) is 2. The summed E-state index contributed by atoms with van der Waals surface area (Å²) in [6, 6.07) is 14.9. The van der Waals surface area contributed by atoms with Crippen molar-refractivity contribution in [1.82, 2.24) is 9.80 Å². The van der Waals surface area contributed by atoms with Crippen molar-refractivity contribution in [3.8, 4) is 5.75 Å². The minimum absolute atomic E-state index is 0.0634. The van der Waals surface area contributed by atoms with Crippen LogP contribution in [-0.2, 0) is 23.2 Å². The van der Waals surface area contributed by atoms with Gasteiger partial charge in [-0.05, 0) is 107 Å². The van der Waals surface area contributed by atoms with Crippen LogP contribution in [0.4, 0.5) is 4.79 Å². The maximum Gasteiger partial charge on any atom is 0.410 e. The Morgan fingerprint density at radius 3 is 2.49 bits per heavy atom. The van der Waals surface area contributed by atoms with Crippen LogP contribution in [0.15, 0.2) is 42.5 Å². The summed E-state index contributed by atoms with van der Waals surface area (Å²) >= 11 is 0. The number of hydrogen-bond acceptors (Lipinski definition) is 5. The van der Waals surface area contributed by atoms with Gasteiger partial charge in [-0.25, -0.2) is 4.79 Å². The van der Waals surface area contributed by atoms with Crippen LogP contribution in [0.3, 0.4) is 0 Å². The van der Waals surface area contributed by atoms with Crippen LogP contribution in [-0.4, -0.2) is 64.4 Å². The number of carbonyl (C=O) groups excluding carboxylic acids is 1. The molecule has 3 unspecified atom stereocenters. The Bertz CT molecular complexity index is 1220. The van der Waals surface area contributed by atoms with Crippen LogP contribution in [0.25, 0.3) is 0 Å². The summed E-state index contributed by atoms with van der Waals surface area (Å²) < 4.78 is 12.2. The monoisotopic (exact) mass is 532 g/mol. The van der Waals surface area contributed by atoms with E-state index < -0.39 is 16.6 Å². The molecule has 2 aliphatic carbocycles. The number of fused-ring (bicyclic) bond motifs is 1. The molecule has 2 bridgehead atoms. The van der Waals surface area contributed by atoms with Crippen LogP contribution in [0.5, 0.6) is 5.75 Å². The van der Waals surface area contributed by atoms with E-state index in [4.69, 9.17) is 9.47 Å². The van der Waals surface area contributed by atoms with Gasteiger partial charge in [0.05, 0.1) is 5.60 Å². The Morgan fingerprint density at radius 1 is 1.05 bits per heavy atom. The number of aliphatic hydroxyl groups is 1. The highest BCUT2D eigenvalue weighted by atomic mass is 16.6. The Balaban J connectivity index is 1.36. The van der Waals surface area contributed by atoms with Crippen molar-refractivity contribution in [2.75, 3.05) is 26.2 Å². The number of ether oxygens (including phenoxy) is 2. The van der Waals surface area contributed by atoms with E-state index in [0.717, 1.165) is 55.1 Å². The van der Waals surface area contributed by atoms with E-state index in [1.54, 1.807) is 0 Å². The molecule has 0 aromatic heterocycles. The van der Waals surface area contributed by atoms with E-state index in [1.807, 2.05) is 43.9 Å². The lowest BCUT2D eigenvalue weighted by molar-refractivity contribution is -0.149. The maximum atomic E-state index is 13.1. The first-order valence-corrected chi connectivity index (χ1v) is 14.8. The Morgan fingerprint density at radius 2 is 1.77 bits per heavy atom. The van der Waals surface area contributed by atoms with Crippen molar-refractivity contribution >= 4 is 6.09 Å². The number of nitrogens with zero attached hydrogens (tertiary/aromatic N) is 2. The Kier molecular flexibility index (Phi) is 6.70. The zero-order valence-corrected chi connectivity index (χ0v) is 24.0. The third-order valence-electron chi connectivity index (χ3n) is 9.63. The molecule has 210 valence electrons. The largest absolute Gasteiger partial charge is 0.489 e. The number of carbonyl (C=O) groups is 1. The van der Waals surface area contributed by atoms with Gasteiger partial charge in [0, 0.05) is 31.1 Å². The summed E-state index contributed by atoms with van der Waals surface area (Å²) in [5.74, 6) is 1.66. The molecule has 3 atom stereocenters. The summed E-state index contributed by atoms with van der Waals surface area (Å²) in [5, 5.41) is 12.8. The van der Waals surface area contributed by atoms with E-state index >= 15 is 0 Å². The van der Waals surface area contributed by atoms with Gasteiger partial charge in [-0.2, -0.15) is 0 Å². The van der Waals surface area contributed by atoms with E-state index in [0.29, 0.717) is 26.1 Å². The SMILES string of the molecule is Cc1cc2c(cc1OCc1ccccc1)C13CCN(C(=O)OC(C)(C)C)CCC1(O)C(C2)N(CC1CC1)CC3. The molecule has 1 amide bonds. The predicted molar refractivity (Wildman–Crippen MR) is 152 cm³/mol. The molecule has 0 radical (unpaired) electrons. The number of piperidine rings is 1. The van der Waals surface area contributed by atoms with Crippen molar-refractivity contribution in [2.24, 2.45) is 5.92 Å². The fraction of sp³-hybridized carbons (Fsp3) is 0.606. The molecule has 1 saturated carbocycles. The Labute approximate surface area is 233 Å². The van der Waals surface area contributed by atoms with Gasteiger partial charge in [-0.3, -0.25) is 4.90 Å². The van der Waals surface area contributed by atoms with Crippen molar-refractivity contribution in [3.63, 3.8) is 0 Å². The molecule has 3 fully saturated rings. The second-order valence-corrected chi connectivity index (χ2v) is 13.4. The fourth-order valence-electron chi connectivity index (χ4n) is 7.44. The van der Waals surface area contributed by atoms with Crippen molar-refractivity contribution in [2.45, 2.75) is 95.5 Å². The molecule has 6 heteroatoms. The molecule has 6 nitrogen and oxygen atoms in total. The molecule has 6 rings (SSSR count). The summed E-state index contributed by atoms with van der Waals surface area (Å²) in [4.78, 5) is 17.6. The average Bonchev–Trinajstić information content (AvgIpc) is 3.71. The van der Waals surface area contributed by atoms with Crippen LogP contribution in [0.2, 0.25) is 0 Å². The quantitative estimate of drug-likeness (QED) is 0.542. The van der Waals surface area contributed by atoms with E-state index in [1.165, 1.54) is 24.0 Å². The first-order valence-electron chi connectivity index (χ1n) is 14.8. The van der Waals surface area contributed by atoms with E-state index in [-0.39, 0.29) is 12.1 Å². The molecule has 0 spiro atoms. The van der Waals surface area contributed by atoms with E-state index in [2.05, 4.69) is 36.1 Å². The molecular formula is C33H44N2O4. The molecule has 1 N–H and O–H groups in total. The van der Waals surface area contributed by atoms with Crippen molar-refractivity contribution < 1.29 is 19.4 Å². The first kappa shape index (κ1) is 26.6. The zero-order valence-electron chi connectivity index (χ0n) is 24.0. The van der Waals surface area contributed by atoms with Gasteiger partial charge in [0.1, 0.15) is 18.0 Å². The molecule has 4 aliphatic rings. The minimum atomic E-state index is -0.907. The molecule has 39 heavy (non-hydrogen) atoms. The Hall–Kier alpha value is -2.57. The number of amides is 1. The van der Waals surface area contributed by atoms with E-state index in [9.17, 15) is 9.90 Å². The lowest BCUT2D eigenvalue weighted by Crippen LogP contribution is -2.71. The highest BCUT2D eigenvalue weighted by Gasteiger charge is 2.63. The first-order chi connectivity index (χ1) is 18.6. The third-order valence-corrected chi connectivity index (χ3v) is 9.63. The van der Waals surface area contributed by atoms with Crippen LogP contribution in [0.1, 0.15) is 75.1 Å². The van der Waals surface area contributed by atoms with Gasteiger partial charge in [-0.1, -0.05) is 36.4 Å². The zero-order chi connectivity index (χ0) is 27.4. The second kappa shape index (κ2) is 9.81. The van der Waals surface area contributed by atoms with Gasteiger partial charge in [0.15, 0.2) is 0 Å². The lowest BCUT2D eigenvalue weighted by atomic mass is 9.52. The van der Waals surface area contributed by atoms with Gasteiger partial charge in [0.25, 0.3) is 0 Å². The van der Waals surface area contributed by atoms with Gasteiger partial charge >= 0.3 is 6.09 Å². The van der Waals surface area contributed by atoms with Crippen molar-refractivity contribution in [1.29, 1.82) is 0 Å². The fourth-order valence-corrected chi connectivity index (χ4v) is 7.44. The number of benzene rings is 2. The maximum absolute atomic E-state index is 13.1. The standard InChI is InChI=1S/C33H44N2O4/c1-23-18-26-19-29-33(37)14-17-34(30(36)39-31(2,3)4)15-12-32(33,13-16-35(29)21-24-10-11-24)27(26)20-28(23)38-22-25-8-6-5-7-9-25/h5-9,18,20,24,29,37H,10-17,19,21-22H2,1-4H3. The normalized spacial score (nSPS) is 28.7. The summed E-state index contributed by atoms with van der Waals surface area (Å²) in [7, 11) is 0. The van der Waals surface area contributed by atoms with Crippen LogP contribution >= 0.6 is 0 Å². The smallest absolute Gasteiger partial charge is 0.410 e.